The van der Waals surface area contributed by atoms with Crippen LogP contribution in [0.4, 0.5) is 10.1 Å². The Morgan fingerprint density at radius 3 is 2.63 bits per heavy atom. The molecule has 1 saturated heterocycles. The van der Waals surface area contributed by atoms with Crippen LogP contribution in [-0.2, 0) is 4.84 Å². The molecule has 9 heteroatoms. The Kier molecular flexibility index (Phi) is 5.16. The number of carbonyl (C=O) groups is 1. The number of carboxylic acid groups (broad SMARTS) is 1. The normalized spacial score (nSPS) is 19.4. The third kappa shape index (κ3) is 3.18. The van der Waals surface area contributed by atoms with Gasteiger partial charge in [-0.1, -0.05) is 0 Å². The minimum atomic E-state index is -1.30. The number of pyridine rings is 2. The van der Waals surface area contributed by atoms with Crippen LogP contribution in [0.3, 0.4) is 0 Å². The van der Waals surface area contributed by atoms with E-state index in [2.05, 4.69) is 0 Å². The molecule has 0 spiro atoms. The maximum Gasteiger partial charge on any atom is 0.341 e. The molecule has 1 saturated carbocycles. The van der Waals surface area contributed by atoms with Crippen molar-refractivity contribution < 1.29 is 19.1 Å². The van der Waals surface area contributed by atoms with Crippen LogP contribution in [0.25, 0.3) is 5.52 Å². The van der Waals surface area contributed by atoms with Gasteiger partial charge in [0, 0.05) is 13.1 Å². The van der Waals surface area contributed by atoms with Gasteiger partial charge in [-0.15, -0.1) is 12.4 Å². The van der Waals surface area contributed by atoms with Crippen LogP contribution in [0.1, 0.15) is 46.7 Å². The fourth-order valence-corrected chi connectivity index (χ4v) is 3.93. The van der Waals surface area contributed by atoms with E-state index in [0.29, 0.717) is 36.3 Å². The summed E-state index contributed by atoms with van der Waals surface area (Å²) in [6.07, 6.45) is 3.51. The number of aryl methyl sites for hydroxylation is 1. The van der Waals surface area contributed by atoms with Gasteiger partial charge in [0.1, 0.15) is 5.56 Å². The van der Waals surface area contributed by atoms with Gasteiger partial charge < -0.3 is 10.0 Å². The van der Waals surface area contributed by atoms with Crippen molar-refractivity contribution in [2.24, 2.45) is 5.90 Å². The topological polar surface area (TPSA) is 97.3 Å². The zero-order valence-corrected chi connectivity index (χ0v) is 15.6. The third-order valence-electron chi connectivity index (χ3n) is 5.34. The first-order valence-electron chi connectivity index (χ1n) is 8.64. The van der Waals surface area contributed by atoms with Crippen LogP contribution < -0.4 is 16.4 Å². The quantitative estimate of drug-likeness (QED) is 0.768. The molecule has 1 aliphatic heterocycles. The van der Waals surface area contributed by atoms with Gasteiger partial charge in [-0.25, -0.2) is 15.1 Å². The minimum absolute atomic E-state index is 0. The lowest BCUT2D eigenvalue weighted by Crippen LogP contribution is -2.28. The first-order valence-corrected chi connectivity index (χ1v) is 8.64. The number of hydrogen-bond acceptors (Lipinski definition) is 5. The second kappa shape index (κ2) is 7.10. The summed E-state index contributed by atoms with van der Waals surface area (Å²) in [5.41, 5.74) is 1.43. The van der Waals surface area contributed by atoms with E-state index in [1.807, 2.05) is 4.90 Å². The number of rotatable bonds is 4. The standard InChI is InChI=1S/C18H20FN3O4.ClH/c1-9-15-12(10-2-3-10)6-13(18(24)25)17(23)22(15)8-14(19)16(9)21-5-4-11(7-21)26-20;/h6,8,10-11H,2-5,7,20H2,1H3,(H,24,25);1H. The first-order chi connectivity index (χ1) is 12.4. The molecule has 2 aromatic heterocycles. The summed E-state index contributed by atoms with van der Waals surface area (Å²) < 4.78 is 16.1. The Labute approximate surface area is 160 Å². The highest BCUT2D eigenvalue weighted by Crippen LogP contribution is 2.44. The number of nitrogens with two attached hydrogens (primary N) is 1. The van der Waals surface area contributed by atoms with Crippen LogP contribution in [-0.4, -0.2) is 34.7 Å². The van der Waals surface area contributed by atoms with Gasteiger partial charge in [0.25, 0.3) is 5.56 Å². The molecule has 0 amide bonds. The zero-order valence-electron chi connectivity index (χ0n) is 14.8. The summed E-state index contributed by atoms with van der Waals surface area (Å²) in [6.45, 7) is 2.85. The molecule has 27 heavy (non-hydrogen) atoms. The molecule has 2 aromatic rings. The van der Waals surface area contributed by atoms with Crippen LogP contribution >= 0.6 is 12.4 Å². The number of anilines is 1. The largest absolute Gasteiger partial charge is 0.477 e. The molecule has 2 aliphatic rings. The summed E-state index contributed by atoms with van der Waals surface area (Å²) in [5.74, 6) is 3.61. The van der Waals surface area contributed by atoms with Crippen LogP contribution in [0.2, 0.25) is 0 Å². The Balaban J connectivity index is 0.00000210. The third-order valence-corrected chi connectivity index (χ3v) is 5.34. The van der Waals surface area contributed by atoms with Crippen molar-refractivity contribution in [3.63, 3.8) is 0 Å². The highest BCUT2D eigenvalue weighted by atomic mass is 35.5. The predicted molar refractivity (Wildman–Crippen MR) is 100 cm³/mol. The Hall–Kier alpha value is -2.16. The molecule has 3 heterocycles. The van der Waals surface area contributed by atoms with E-state index in [1.165, 1.54) is 6.07 Å². The van der Waals surface area contributed by atoms with Crippen LogP contribution in [0, 0.1) is 12.7 Å². The fraction of sp³-hybridized carbons (Fsp3) is 0.444. The van der Waals surface area contributed by atoms with Crippen molar-refractivity contribution in [1.29, 1.82) is 0 Å². The van der Waals surface area contributed by atoms with E-state index in [-0.39, 0.29) is 30.0 Å². The number of hydrogen-bond donors (Lipinski definition) is 2. The molecule has 0 bridgehead atoms. The van der Waals surface area contributed by atoms with E-state index in [4.69, 9.17) is 10.7 Å². The second-order valence-corrected chi connectivity index (χ2v) is 7.06. The Morgan fingerprint density at radius 2 is 2.07 bits per heavy atom. The van der Waals surface area contributed by atoms with Crippen LogP contribution in [0.5, 0.6) is 0 Å². The molecule has 7 nitrogen and oxygen atoms in total. The lowest BCUT2D eigenvalue weighted by molar-refractivity contribution is 0.0688. The molecule has 1 atom stereocenters. The Morgan fingerprint density at radius 1 is 1.37 bits per heavy atom. The minimum Gasteiger partial charge on any atom is -0.477 e. The molecule has 1 aliphatic carbocycles. The van der Waals surface area contributed by atoms with E-state index in [1.54, 1.807) is 6.92 Å². The molecule has 146 valence electrons. The lowest BCUT2D eigenvalue weighted by Gasteiger charge is -2.24. The summed E-state index contributed by atoms with van der Waals surface area (Å²) >= 11 is 0. The molecule has 3 N–H and O–H groups in total. The van der Waals surface area contributed by atoms with Gasteiger partial charge in [0.2, 0.25) is 0 Å². The number of nitrogens with zero attached hydrogens (tertiary/aromatic N) is 2. The number of fused-ring (bicyclic) bond motifs is 1. The van der Waals surface area contributed by atoms with Crippen molar-refractivity contribution in [3.8, 4) is 0 Å². The van der Waals surface area contributed by atoms with E-state index in [0.717, 1.165) is 29.0 Å². The van der Waals surface area contributed by atoms with E-state index >= 15 is 0 Å². The monoisotopic (exact) mass is 397 g/mol. The van der Waals surface area contributed by atoms with Crippen molar-refractivity contribution >= 4 is 29.6 Å². The molecule has 0 aromatic carbocycles. The van der Waals surface area contributed by atoms with Crippen molar-refractivity contribution in [2.45, 2.75) is 38.2 Å². The SMILES string of the molecule is Cc1c(N2CCC(ON)C2)c(F)cn2c(=O)c(C(=O)O)cc(C3CC3)c12.Cl. The molecular formula is C18H21ClFN3O4. The van der Waals surface area contributed by atoms with Crippen molar-refractivity contribution in [2.75, 3.05) is 18.0 Å². The molecule has 4 rings (SSSR count). The van der Waals surface area contributed by atoms with Gasteiger partial charge in [-0.2, -0.15) is 0 Å². The van der Waals surface area contributed by atoms with Gasteiger partial charge in [0.15, 0.2) is 5.82 Å². The van der Waals surface area contributed by atoms with Crippen LogP contribution in [0.15, 0.2) is 17.1 Å². The van der Waals surface area contributed by atoms with E-state index < -0.39 is 17.3 Å². The summed E-state index contributed by atoms with van der Waals surface area (Å²) in [7, 11) is 0. The molecule has 0 radical (unpaired) electrons. The van der Waals surface area contributed by atoms with Gasteiger partial charge in [-0.3, -0.25) is 14.0 Å². The number of halogens is 2. The lowest BCUT2D eigenvalue weighted by atomic mass is 10.0. The average molecular weight is 398 g/mol. The Bertz CT molecular complexity index is 973. The van der Waals surface area contributed by atoms with Crippen molar-refractivity contribution in [1.82, 2.24) is 4.40 Å². The van der Waals surface area contributed by atoms with Gasteiger partial charge >= 0.3 is 5.97 Å². The number of carboxylic acids is 1. The second-order valence-electron chi connectivity index (χ2n) is 7.06. The van der Waals surface area contributed by atoms with Gasteiger partial charge in [0.05, 0.1) is 23.5 Å². The summed E-state index contributed by atoms with van der Waals surface area (Å²) in [4.78, 5) is 30.7. The molecule has 2 fully saturated rings. The van der Waals surface area contributed by atoms with Gasteiger partial charge in [-0.05, 0) is 49.3 Å². The first kappa shape index (κ1) is 19.6. The highest BCUT2D eigenvalue weighted by molar-refractivity contribution is 5.89. The average Bonchev–Trinajstić information content (AvgIpc) is 3.33. The van der Waals surface area contributed by atoms with E-state index in [9.17, 15) is 19.1 Å². The number of aromatic nitrogens is 1. The maximum absolute atomic E-state index is 14.9. The number of aromatic carboxylic acids is 1. The molecule has 1 unspecified atom stereocenters. The highest BCUT2D eigenvalue weighted by Gasteiger charge is 2.32. The smallest absolute Gasteiger partial charge is 0.341 e. The maximum atomic E-state index is 14.9. The summed E-state index contributed by atoms with van der Waals surface area (Å²) in [5, 5.41) is 9.33. The fourth-order valence-electron chi connectivity index (χ4n) is 3.93. The molecular weight excluding hydrogens is 377 g/mol. The summed E-state index contributed by atoms with van der Waals surface area (Å²) in [6, 6.07) is 1.46. The van der Waals surface area contributed by atoms with Crippen molar-refractivity contribution in [3.05, 3.63) is 45.1 Å². The predicted octanol–water partition coefficient (Wildman–Crippen LogP) is 2.21. The zero-order chi connectivity index (χ0) is 18.6.